The van der Waals surface area contributed by atoms with Gasteiger partial charge in [-0.3, -0.25) is 14.5 Å². The number of likely N-dealkylation sites (tertiary alicyclic amines) is 1. The van der Waals surface area contributed by atoms with Gasteiger partial charge in [-0.25, -0.2) is 18.2 Å². The van der Waals surface area contributed by atoms with Gasteiger partial charge in [0.25, 0.3) is 10.0 Å². The third kappa shape index (κ3) is 4.34. The Kier molecular flexibility index (Phi) is 6.59. The standard InChI is InChI=1S/C29H35N5O5S/c1-15(2)26(32-29(36)39-4)28(35)34-11-5-6-22(34)27-31-21-10-9-17(13-23(21)40(37,38)33-27)20-14-30-16(3)24-18-7-8-19(12-18)25(20)24/h9-10,13-15,18-19,22,26H,5-8,11-12H2,1-4H3,(H,31,33)(H,32,36)/t18?,19?,22-,26-/m0/s1. The Bertz CT molecular complexity index is 1540. The second kappa shape index (κ2) is 9.87. The average Bonchev–Trinajstić information content (AvgIpc) is 3.68. The molecule has 2 aliphatic carbocycles. The molecule has 0 spiro atoms. The monoisotopic (exact) mass is 565 g/mol. The zero-order valence-corrected chi connectivity index (χ0v) is 24.0. The normalized spacial score (nSPS) is 24.7. The molecule has 4 atom stereocenters. The fourth-order valence-corrected chi connectivity index (χ4v) is 8.24. The van der Waals surface area contributed by atoms with Crippen molar-refractivity contribution < 1.29 is 22.7 Å². The molecule has 1 saturated carbocycles. The molecule has 2 fully saturated rings. The molecule has 1 aromatic carbocycles. The predicted molar refractivity (Wildman–Crippen MR) is 150 cm³/mol. The average molecular weight is 566 g/mol. The quantitative estimate of drug-likeness (QED) is 0.561. The second-order valence-electron chi connectivity index (χ2n) is 11.6. The van der Waals surface area contributed by atoms with Crippen molar-refractivity contribution in [2.45, 2.75) is 81.7 Å². The number of hydrogen-bond donors (Lipinski definition) is 2. The van der Waals surface area contributed by atoms with Gasteiger partial charge in [-0.2, -0.15) is 0 Å². The van der Waals surface area contributed by atoms with Gasteiger partial charge in [0, 0.05) is 24.0 Å². The Balaban J connectivity index is 1.33. The van der Waals surface area contributed by atoms with Gasteiger partial charge in [0.2, 0.25) is 5.91 Å². The number of pyridine rings is 1. The minimum atomic E-state index is -3.93. The Morgan fingerprint density at radius 3 is 2.62 bits per heavy atom. The van der Waals surface area contributed by atoms with E-state index >= 15 is 0 Å². The molecule has 10 nitrogen and oxygen atoms in total. The van der Waals surface area contributed by atoms with Crippen molar-refractivity contribution in [2.75, 3.05) is 13.7 Å². The first-order valence-electron chi connectivity index (χ1n) is 14.0. The lowest BCUT2D eigenvalue weighted by Gasteiger charge is -2.32. The van der Waals surface area contributed by atoms with E-state index < -0.39 is 28.2 Å². The molecule has 6 rings (SSSR count). The van der Waals surface area contributed by atoms with Crippen LogP contribution >= 0.6 is 0 Å². The molecule has 0 radical (unpaired) electrons. The van der Waals surface area contributed by atoms with Crippen molar-refractivity contribution in [3.05, 3.63) is 41.2 Å². The van der Waals surface area contributed by atoms with Gasteiger partial charge in [-0.05, 0) is 85.6 Å². The van der Waals surface area contributed by atoms with Crippen molar-refractivity contribution in [2.24, 2.45) is 10.9 Å². The molecule has 4 aliphatic rings. The first-order valence-corrected chi connectivity index (χ1v) is 15.5. The highest BCUT2D eigenvalue weighted by Gasteiger charge is 2.42. The van der Waals surface area contributed by atoms with Crippen molar-refractivity contribution in [3.63, 3.8) is 0 Å². The number of ether oxygens (including phenoxy) is 1. The summed E-state index contributed by atoms with van der Waals surface area (Å²) in [6.45, 7) is 6.17. The van der Waals surface area contributed by atoms with Crippen molar-refractivity contribution in [1.29, 1.82) is 0 Å². The summed E-state index contributed by atoms with van der Waals surface area (Å²) >= 11 is 0. The predicted octanol–water partition coefficient (Wildman–Crippen LogP) is 4.12. The molecule has 2 amide bonds. The number of aliphatic imine (C=N–C) groups is 1. The lowest BCUT2D eigenvalue weighted by atomic mass is 9.86. The van der Waals surface area contributed by atoms with Crippen LogP contribution in [0.2, 0.25) is 0 Å². The topological polar surface area (TPSA) is 130 Å². The summed E-state index contributed by atoms with van der Waals surface area (Å²) in [4.78, 5) is 36.5. The summed E-state index contributed by atoms with van der Waals surface area (Å²) in [5.74, 6) is 0.798. The van der Waals surface area contributed by atoms with Crippen LogP contribution in [0.4, 0.5) is 10.5 Å². The highest BCUT2D eigenvalue weighted by Crippen LogP contribution is 2.56. The number of nitrogens with one attached hydrogen (secondary N) is 2. The van der Waals surface area contributed by atoms with Gasteiger partial charge >= 0.3 is 6.09 Å². The van der Waals surface area contributed by atoms with Gasteiger partial charge in [-0.15, -0.1) is 0 Å². The van der Waals surface area contributed by atoms with Crippen LogP contribution in [0.5, 0.6) is 0 Å². The third-order valence-corrected chi connectivity index (χ3v) is 10.3. The van der Waals surface area contributed by atoms with Crippen LogP contribution < -0.4 is 10.0 Å². The molecule has 2 bridgehead atoms. The Hall–Kier alpha value is -3.47. The molecule has 40 heavy (non-hydrogen) atoms. The number of hydrogen-bond acceptors (Lipinski definition) is 7. The Labute approximate surface area is 234 Å². The number of aromatic nitrogens is 1. The van der Waals surface area contributed by atoms with Gasteiger partial charge < -0.3 is 15.0 Å². The van der Waals surface area contributed by atoms with Gasteiger partial charge in [0.1, 0.15) is 16.8 Å². The molecule has 2 unspecified atom stereocenters. The van der Waals surface area contributed by atoms with E-state index in [1.807, 2.05) is 26.1 Å². The number of rotatable bonds is 5. The number of fused-ring (bicyclic) bond motifs is 6. The SMILES string of the molecule is COC(=O)N[C@H](C(=O)N1CCC[C@H]1C1=Nc2ccc(-c3cnc(C)c4c3C3CCC4C3)cc2S(=O)(=O)N1)C(C)C. The molecule has 2 aliphatic heterocycles. The summed E-state index contributed by atoms with van der Waals surface area (Å²) in [7, 11) is -2.68. The third-order valence-electron chi connectivity index (χ3n) is 8.89. The molecule has 11 heteroatoms. The minimum absolute atomic E-state index is 0.120. The van der Waals surface area contributed by atoms with E-state index in [-0.39, 0.29) is 22.6 Å². The fourth-order valence-electron chi connectivity index (χ4n) is 7.00. The molecular formula is C29H35N5O5S. The van der Waals surface area contributed by atoms with E-state index in [0.717, 1.165) is 29.7 Å². The van der Waals surface area contributed by atoms with Crippen molar-refractivity contribution >= 4 is 33.5 Å². The molecule has 1 aromatic heterocycles. The smallest absolute Gasteiger partial charge is 0.407 e. The number of amidine groups is 1. The molecule has 2 aromatic rings. The molecule has 3 heterocycles. The van der Waals surface area contributed by atoms with Crippen LogP contribution in [0, 0.1) is 12.8 Å². The van der Waals surface area contributed by atoms with E-state index in [9.17, 15) is 18.0 Å². The van der Waals surface area contributed by atoms with E-state index in [1.165, 1.54) is 24.7 Å². The highest BCUT2D eigenvalue weighted by atomic mass is 32.2. The number of nitrogens with zero attached hydrogens (tertiary/aromatic N) is 3. The maximum atomic E-state index is 13.6. The molecule has 212 valence electrons. The summed E-state index contributed by atoms with van der Waals surface area (Å²) in [6, 6.07) is 4.02. The number of benzene rings is 1. The number of sulfonamides is 1. The van der Waals surface area contributed by atoms with Gasteiger partial charge in [0.05, 0.1) is 18.8 Å². The molecular weight excluding hydrogens is 530 g/mol. The number of alkyl carbamates (subject to hydrolysis) is 1. The summed E-state index contributed by atoms with van der Waals surface area (Å²) in [6.07, 6.45) is 5.95. The van der Waals surface area contributed by atoms with Crippen LogP contribution in [0.25, 0.3) is 11.1 Å². The number of aryl methyl sites for hydroxylation is 1. The van der Waals surface area contributed by atoms with Crippen LogP contribution in [0.3, 0.4) is 0 Å². The number of carbonyl (C=O) groups is 2. The summed E-state index contributed by atoms with van der Waals surface area (Å²) in [5, 5.41) is 2.61. The van der Waals surface area contributed by atoms with Crippen molar-refractivity contribution in [3.8, 4) is 11.1 Å². The fraction of sp³-hybridized carbons (Fsp3) is 0.517. The lowest BCUT2D eigenvalue weighted by molar-refractivity contribution is -0.134. The number of carbonyl (C=O) groups excluding carboxylic acids is 2. The van der Waals surface area contributed by atoms with Gasteiger partial charge in [0.15, 0.2) is 0 Å². The maximum Gasteiger partial charge on any atom is 0.407 e. The minimum Gasteiger partial charge on any atom is -0.453 e. The highest BCUT2D eigenvalue weighted by molar-refractivity contribution is 7.90. The first-order chi connectivity index (χ1) is 19.1. The Morgan fingerprint density at radius 2 is 1.90 bits per heavy atom. The van der Waals surface area contributed by atoms with E-state index in [2.05, 4.69) is 21.9 Å². The number of methoxy groups -OCH3 is 1. The van der Waals surface area contributed by atoms with E-state index in [4.69, 9.17) is 9.73 Å². The van der Waals surface area contributed by atoms with Gasteiger partial charge in [-0.1, -0.05) is 19.9 Å². The van der Waals surface area contributed by atoms with Crippen LogP contribution in [-0.4, -0.2) is 61.9 Å². The van der Waals surface area contributed by atoms with Crippen molar-refractivity contribution in [1.82, 2.24) is 19.9 Å². The first kappa shape index (κ1) is 26.7. The number of amides is 2. The molecule has 2 N–H and O–H groups in total. The van der Waals surface area contributed by atoms with Crippen LogP contribution in [-0.2, 0) is 19.6 Å². The molecule has 1 saturated heterocycles. The van der Waals surface area contributed by atoms with Crippen LogP contribution in [0.1, 0.15) is 74.6 Å². The summed E-state index contributed by atoms with van der Waals surface area (Å²) in [5.41, 5.74) is 5.93. The summed E-state index contributed by atoms with van der Waals surface area (Å²) < 4.78 is 34.5. The zero-order valence-electron chi connectivity index (χ0n) is 23.2. The zero-order chi connectivity index (χ0) is 28.3. The van der Waals surface area contributed by atoms with Crippen LogP contribution in [0.15, 0.2) is 34.3 Å². The largest absolute Gasteiger partial charge is 0.453 e. The van der Waals surface area contributed by atoms with E-state index in [0.29, 0.717) is 36.9 Å². The second-order valence-corrected chi connectivity index (χ2v) is 13.3. The van der Waals surface area contributed by atoms with E-state index in [1.54, 1.807) is 17.0 Å². The lowest BCUT2D eigenvalue weighted by Crippen LogP contribution is -2.56. The maximum absolute atomic E-state index is 13.6. The Morgan fingerprint density at radius 1 is 1.15 bits per heavy atom.